The van der Waals surface area contributed by atoms with Gasteiger partial charge in [-0.15, -0.1) is 0 Å². The predicted molar refractivity (Wildman–Crippen MR) is 79.7 cm³/mol. The van der Waals surface area contributed by atoms with E-state index < -0.39 is 23.2 Å². The van der Waals surface area contributed by atoms with E-state index in [0.29, 0.717) is 0 Å². The van der Waals surface area contributed by atoms with Crippen LogP contribution in [0.25, 0.3) is 0 Å². The number of aromatic nitrogens is 2. The molecule has 2 N–H and O–H groups in total. The molecule has 0 bridgehead atoms. The van der Waals surface area contributed by atoms with Crippen molar-refractivity contribution in [3.05, 3.63) is 32.6 Å². The Hall–Kier alpha value is -2.19. The molecule has 1 aromatic rings. The van der Waals surface area contributed by atoms with Gasteiger partial charge in [-0.2, -0.15) is 0 Å². The quantitative estimate of drug-likeness (QED) is 0.869. The number of amides is 2. The van der Waals surface area contributed by atoms with Crippen LogP contribution in [0.15, 0.2) is 15.8 Å². The molecule has 1 aliphatic rings. The molecule has 0 unspecified atom stereocenters. The van der Waals surface area contributed by atoms with Crippen LogP contribution in [0.1, 0.15) is 38.3 Å². The number of hydrogen-bond donors (Lipinski definition) is 2. The number of urea groups is 1. The highest BCUT2D eigenvalue weighted by atomic mass is 19.3. The lowest BCUT2D eigenvalue weighted by Crippen LogP contribution is -2.47. The molecule has 2 amide bonds. The van der Waals surface area contributed by atoms with E-state index in [1.165, 1.54) is 15.7 Å². The van der Waals surface area contributed by atoms with Gasteiger partial charge in [-0.3, -0.25) is 14.3 Å². The number of halogens is 2. The Morgan fingerprint density at radius 3 is 2.52 bits per heavy atom. The lowest BCUT2D eigenvalue weighted by atomic mass is 10.1. The van der Waals surface area contributed by atoms with Crippen LogP contribution in [0, 0.1) is 0 Å². The van der Waals surface area contributed by atoms with E-state index in [4.69, 9.17) is 0 Å². The first kappa shape index (κ1) is 17.2. The third-order valence-corrected chi connectivity index (χ3v) is 3.81. The van der Waals surface area contributed by atoms with Crippen LogP contribution < -0.4 is 16.6 Å². The van der Waals surface area contributed by atoms with Crippen molar-refractivity contribution in [2.24, 2.45) is 0 Å². The van der Waals surface area contributed by atoms with Crippen molar-refractivity contribution in [1.29, 1.82) is 0 Å². The summed E-state index contributed by atoms with van der Waals surface area (Å²) in [5, 5.41) is 2.53. The topological polar surface area (TPSA) is 87.2 Å². The van der Waals surface area contributed by atoms with E-state index in [0.717, 1.165) is 0 Å². The Morgan fingerprint density at radius 2 is 1.96 bits per heavy atom. The zero-order valence-corrected chi connectivity index (χ0v) is 13.1. The highest BCUT2D eigenvalue weighted by molar-refractivity contribution is 5.74. The van der Waals surface area contributed by atoms with Crippen molar-refractivity contribution in [2.45, 2.75) is 45.2 Å². The number of alkyl halides is 2. The maximum absolute atomic E-state index is 13.1. The van der Waals surface area contributed by atoms with E-state index in [9.17, 15) is 23.2 Å². The Balaban J connectivity index is 2.01. The van der Waals surface area contributed by atoms with Gasteiger partial charge in [0.15, 0.2) is 0 Å². The number of hydrogen-bond acceptors (Lipinski definition) is 3. The Bertz CT molecular complexity index is 686. The van der Waals surface area contributed by atoms with Crippen molar-refractivity contribution in [2.75, 3.05) is 13.1 Å². The number of nitrogens with one attached hydrogen (secondary N) is 2. The molecule has 23 heavy (non-hydrogen) atoms. The largest absolute Gasteiger partial charge is 0.334 e. The van der Waals surface area contributed by atoms with Crippen molar-refractivity contribution in [3.63, 3.8) is 0 Å². The summed E-state index contributed by atoms with van der Waals surface area (Å²) in [6.45, 7) is 3.45. The molecule has 7 nitrogen and oxygen atoms in total. The molecule has 1 aliphatic heterocycles. The van der Waals surface area contributed by atoms with E-state index in [-0.39, 0.29) is 44.1 Å². The molecule has 0 atom stereocenters. The monoisotopic (exact) mass is 330 g/mol. The van der Waals surface area contributed by atoms with E-state index >= 15 is 0 Å². The molecule has 9 heteroatoms. The third kappa shape index (κ3) is 4.17. The SMILES string of the molecule is CC(C)n1cc(CNC(=O)N2CCC(F)(F)CC2)c(=O)[nH]c1=O. The number of H-pyrrole nitrogens is 1. The maximum atomic E-state index is 13.1. The molecule has 1 fully saturated rings. The standard InChI is InChI=1S/C14H20F2N4O3/c1-9(2)20-8-10(11(21)18-13(20)23)7-17-12(22)19-5-3-14(15,16)4-6-19/h8-9H,3-7H2,1-2H3,(H,17,22)(H,18,21,23). The molecule has 1 saturated heterocycles. The highest BCUT2D eigenvalue weighted by Gasteiger charge is 2.35. The number of likely N-dealkylation sites (tertiary alicyclic amines) is 1. The van der Waals surface area contributed by atoms with E-state index in [1.54, 1.807) is 13.8 Å². The van der Waals surface area contributed by atoms with Crippen LogP contribution in [0.2, 0.25) is 0 Å². The first-order valence-corrected chi connectivity index (χ1v) is 7.44. The summed E-state index contributed by atoms with van der Waals surface area (Å²) in [7, 11) is 0. The summed E-state index contributed by atoms with van der Waals surface area (Å²) in [5.74, 6) is -2.72. The van der Waals surface area contributed by atoms with Gasteiger partial charge in [0.05, 0.1) is 12.1 Å². The first-order chi connectivity index (χ1) is 10.7. The Morgan fingerprint density at radius 1 is 1.35 bits per heavy atom. The summed E-state index contributed by atoms with van der Waals surface area (Å²) >= 11 is 0. The van der Waals surface area contributed by atoms with Gasteiger partial charge in [-0.25, -0.2) is 18.4 Å². The average molecular weight is 330 g/mol. The molecule has 2 heterocycles. The fourth-order valence-corrected chi connectivity index (χ4v) is 2.36. The number of nitrogens with zero attached hydrogens (tertiary/aromatic N) is 2. The van der Waals surface area contributed by atoms with Gasteiger partial charge in [0.25, 0.3) is 11.5 Å². The molecule has 0 spiro atoms. The van der Waals surface area contributed by atoms with E-state index in [1.807, 2.05) is 0 Å². The average Bonchev–Trinajstić information content (AvgIpc) is 2.45. The molecule has 0 aliphatic carbocycles. The van der Waals surface area contributed by atoms with Crippen LogP contribution in [0.5, 0.6) is 0 Å². The summed E-state index contributed by atoms with van der Waals surface area (Å²) in [6, 6.07) is -0.639. The smallest absolute Gasteiger partial charge is 0.328 e. The normalized spacial score (nSPS) is 17.3. The molecule has 128 valence electrons. The first-order valence-electron chi connectivity index (χ1n) is 7.44. The summed E-state index contributed by atoms with van der Waals surface area (Å²) in [6.07, 6.45) is 0.676. The summed E-state index contributed by atoms with van der Waals surface area (Å²) in [4.78, 5) is 38.8. The molecular formula is C14H20F2N4O3. The van der Waals surface area contributed by atoms with Crippen molar-refractivity contribution >= 4 is 6.03 Å². The van der Waals surface area contributed by atoms with Crippen LogP contribution in [0.4, 0.5) is 13.6 Å². The van der Waals surface area contributed by atoms with Gasteiger partial charge in [-0.05, 0) is 13.8 Å². The molecule has 1 aromatic heterocycles. The van der Waals surface area contributed by atoms with Crippen molar-refractivity contribution in [1.82, 2.24) is 19.8 Å². The number of carbonyl (C=O) groups excluding carboxylic acids is 1. The fraction of sp³-hybridized carbons (Fsp3) is 0.643. The molecular weight excluding hydrogens is 310 g/mol. The minimum Gasteiger partial charge on any atom is -0.334 e. The van der Waals surface area contributed by atoms with E-state index in [2.05, 4.69) is 10.3 Å². The number of piperidine rings is 1. The van der Waals surface area contributed by atoms with Crippen molar-refractivity contribution in [3.8, 4) is 0 Å². The maximum Gasteiger partial charge on any atom is 0.328 e. The van der Waals surface area contributed by atoms with Gasteiger partial charge in [-0.1, -0.05) is 0 Å². The predicted octanol–water partition coefficient (Wildman–Crippen LogP) is 1.06. The minimum absolute atomic E-state index is 0.0271. The van der Waals surface area contributed by atoms with Gasteiger partial charge in [0.2, 0.25) is 0 Å². The van der Waals surface area contributed by atoms with Gasteiger partial charge < -0.3 is 10.2 Å². The van der Waals surface area contributed by atoms with Crippen LogP contribution in [0.3, 0.4) is 0 Å². The second-order valence-electron chi connectivity index (χ2n) is 5.92. The number of rotatable bonds is 3. The van der Waals surface area contributed by atoms with Gasteiger partial charge in [0, 0.05) is 38.2 Å². The van der Waals surface area contributed by atoms with Crippen LogP contribution in [-0.4, -0.2) is 39.5 Å². The zero-order chi connectivity index (χ0) is 17.2. The lowest BCUT2D eigenvalue weighted by Gasteiger charge is -2.31. The zero-order valence-electron chi connectivity index (χ0n) is 13.1. The Kier molecular flexibility index (Phi) is 4.86. The fourth-order valence-electron chi connectivity index (χ4n) is 2.36. The molecule has 2 rings (SSSR count). The van der Waals surface area contributed by atoms with Gasteiger partial charge >= 0.3 is 11.7 Å². The minimum atomic E-state index is -2.72. The highest BCUT2D eigenvalue weighted by Crippen LogP contribution is 2.27. The van der Waals surface area contributed by atoms with Crippen molar-refractivity contribution < 1.29 is 13.6 Å². The van der Waals surface area contributed by atoms with Gasteiger partial charge in [0.1, 0.15) is 0 Å². The Labute approximate surface area is 131 Å². The summed E-state index contributed by atoms with van der Waals surface area (Å²) < 4.78 is 27.5. The molecule has 0 saturated carbocycles. The van der Waals surface area contributed by atoms with Crippen LogP contribution >= 0.6 is 0 Å². The second-order valence-corrected chi connectivity index (χ2v) is 5.92. The third-order valence-electron chi connectivity index (χ3n) is 3.81. The molecule has 0 aromatic carbocycles. The second kappa shape index (κ2) is 6.51. The molecule has 0 radical (unpaired) electrons. The number of carbonyl (C=O) groups is 1. The number of aromatic amines is 1. The van der Waals surface area contributed by atoms with Crippen LogP contribution in [-0.2, 0) is 6.54 Å². The lowest BCUT2D eigenvalue weighted by molar-refractivity contribution is -0.0469. The summed E-state index contributed by atoms with van der Waals surface area (Å²) in [5.41, 5.74) is -0.857.